The van der Waals surface area contributed by atoms with Gasteiger partial charge in [0, 0.05) is 22.2 Å². The zero-order valence-electron chi connectivity index (χ0n) is 20.6. The van der Waals surface area contributed by atoms with Crippen LogP contribution >= 0.6 is 23.2 Å². The second-order valence-corrected chi connectivity index (χ2v) is 9.34. The molecule has 3 aromatic carbocycles. The summed E-state index contributed by atoms with van der Waals surface area (Å²) in [7, 11) is 2.68. The summed E-state index contributed by atoms with van der Waals surface area (Å²) in [5.74, 6) is -2.30. The normalized spacial score (nSPS) is 17.6. The Morgan fingerprint density at radius 1 is 0.946 bits per heavy atom. The largest absolute Gasteiger partial charge is 0.467 e. The van der Waals surface area contributed by atoms with E-state index in [1.807, 2.05) is 0 Å². The van der Waals surface area contributed by atoms with Crippen LogP contribution in [-0.2, 0) is 19.2 Å². The highest BCUT2D eigenvalue weighted by atomic mass is 35.5. The maximum atomic E-state index is 14.2. The first kappa shape index (κ1) is 26.7. The highest BCUT2D eigenvalue weighted by Gasteiger charge is 2.50. The molecule has 0 aliphatic carbocycles. The fraction of sp³-hybridized carbons (Fsp3) is 0.250. The molecule has 0 fully saturated rings. The number of rotatable bonds is 7. The summed E-state index contributed by atoms with van der Waals surface area (Å²) in [6.07, 6.45) is 0. The van der Waals surface area contributed by atoms with Gasteiger partial charge in [-0.25, -0.2) is 9.86 Å². The van der Waals surface area contributed by atoms with Crippen LogP contribution in [0.2, 0.25) is 10.0 Å². The highest BCUT2D eigenvalue weighted by molar-refractivity contribution is 6.30. The van der Waals surface area contributed by atoms with Gasteiger partial charge in [0.1, 0.15) is 0 Å². The highest BCUT2D eigenvalue weighted by Crippen LogP contribution is 2.47. The van der Waals surface area contributed by atoms with Crippen molar-refractivity contribution in [3.05, 3.63) is 105 Å². The Morgan fingerprint density at radius 3 is 2.11 bits per heavy atom. The van der Waals surface area contributed by atoms with Gasteiger partial charge in [0.25, 0.3) is 11.8 Å². The number of benzene rings is 3. The summed E-state index contributed by atoms with van der Waals surface area (Å²) >= 11 is 12.3. The molecule has 7 nitrogen and oxygen atoms in total. The van der Waals surface area contributed by atoms with Gasteiger partial charge in [-0.3, -0.25) is 14.4 Å². The van der Waals surface area contributed by atoms with Gasteiger partial charge in [0.05, 0.1) is 26.2 Å². The van der Waals surface area contributed by atoms with Crippen LogP contribution in [-0.4, -0.2) is 48.5 Å². The first-order chi connectivity index (χ1) is 17.8. The Labute approximate surface area is 225 Å². The summed E-state index contributed by atoms with van der Waals surface area (Å²) in [6.45, 7) is 2.08. The lowest BCUT2D eigenvalue weighted by molar-refractivity contribution is -0.179. The van der Waals surface area contributed by atoms with E-state index >= 15 is 0 Å². The number of likely N-dealkylation sites (N-methyl/N-ethyl adjacent to an activating group) is 1. The van der Waals surface area contributed by atoms with Crippen LogP contribution in [0.3, 0.4) is 0 Å². The summed E-state index contributed by atoms with van der Waals surface area (Å²) in [5.41, 5.74) is 1.99. The number of amides is 2. The second-order valence-electron chi connectivity index (χ2n) is 8.47. The van der Waals surface area contributed by atoms with Crippen molar-refractivity contribution in [1.29, 1.82) is 0 Å². The van der Waals surface area contributed by atoms with Crippen molar-refractivity contribution in [2.75, 3.05) is 20.8 Å². The van der Waals surface area contributed by atoms with Crippen LogP contribution in [0.4, 0.5) is 0 Å². The van der Waals surface area contributed by atoms with E-state index < -0.39 is 29.9 Å². The van der Waals surface area contributed by atoms with Crippen LogP contribution in [0.1, 0.15) is 52.0 Å². The van der Waals surface area contributed by atoms with Crippen LogP contribution in [0.25, 0.3) is 0 Å². The molecule has 3 atom stereocenters. The molecular formula is C28H26Cl2N2O5. The van der Waals surface area contributed by atoms with Crippen molar-refractivity contribution < 1.29 is 24.0 Å². The van der Waals surface area contributed by atoms with E-state index in [1.165, 1.54) is 24.2 Å². The van der Waals surface area contributed by atoms with Gasteiger partial charge in [0.15, 0.2) is 6.04 Å². The molecule has 3 aromatic rings. The molecule has 1 aliphatic heterocycles. The topological polar surface area (TPSA) is 76.2 Å². The van der Waals surface area contributed by atoms with Crippen LogP contribution in [0, 0.1) is 0 Å². The minimum atomic E-state index is -1.16. The molecule has 0 bridgehead atoms. The molecule has 37 heavy (non-hydrogen) atoms. The summed E-state index contributed by atoms with van der Waals surface area (Å²) in [5, 5.41) is 2.21. The standard InChI is InChI=1S/C28H26Cl2N2O5/c1-4-31(37-3)27(34)23-21-7-5-6-8-22(21)26(33)32(24(23)17-9-13-19(29)14-10-17)25(28(35)36-2)18-11-15-20(30)16-12-18/h5-16,23-25H,4H2,1-3H3. The lowest BCUT2D eigenvalue weighted by Gasteiger charge is -2.45. The van der Waals surface area contributed by atoms with Gasteiger partial charge in [-0.05, 0) is 53.9 Å². The predicted octanol–water partition coefficient (Wildman–Crippen LogP) is 5.60. The minimum absolute atomic E-state index is 0.285. The average Bonchev–Trinajstić information content (AvgIpc) is 2.91. The van der Waals surface area contributed by atoms with E-state index in [2.05, 4.69) is 0 Å². The number of hydrogen-bond donors (Lipinski definition) is 0. The fourth-order valence-electron chi connectivity index (χ4n) is 4.81. The van der Waals surface area contributed by atoms with Crippen molar-refractivity contribution in [1.82, 2.24) is 9.96 Å². The van der Waals surface area contributed by atoms with Gasteiger partial charge < -0.3 is 9.64 Å². The third-order valence-electron chi connectivity index (χ3n) is 6.50. The molecule has 4 rings (SSSR count). The van der Waals surface area contributed by atoms with Gasteiger partial charge in [0.2, 0.25) is 0 Å². The molecule has 9 heteroatoms. The molecule has 0 spiro atoms. The second kappa shape index (κ2) is 11.3. The lowest BCUT2D eigenvalue weighted by atomic mass is 9.77. The number of hydroxylamine groups is 2. The van der Waals surface area contributed by atoms with Gasteiger partial charge in [-0.2, -0.15) is 0 Å². The number of methoxy groups -OCH3 is 1. The van der Waals surface area contributed by atoms with Gasteiger partial charge in [-0.1, -0.05) is 65.7 Å². The average molecular weight is 541 g/mol. The Balaban J connectivity index is 2.02. The van der Waals surface area contributed by atoms with Crippen molar-refractivity contribution >= 4 is 41.0 Å². The molecule has 0 saturated carbocycles. The molecule has 1 heterocycles. The number of halogens is 2. The van der Waals surface area contributed by atoms with Gasteiger partial charge >= 0.3 is 5.97 Å². The molecule has 3 unspecified atom stereocenters. The number of carbonyl (C=O) groups excluding carboxylic acids is 3. The molecular weight excluding hydrogens is 515 g/mol. The number of ether oxygens (including phenoxy) is 1. The molecule has 0 saturated heterocycles. The van der Waals surface area contributed by atoms with Crippen molar-refractivity contribution in [3.8, 4) is 0 Å². The quantitative estimate of drug-likeness (QED) is 0.288. The van der Waals surface area contributed by atoms with E-state index in [-0.39, 0.29) is 12.5 Å². The lowest BCUT2D eigenvalue weighted by Crippen LogP contribution is -2.51. The molecule has 0 aromatic heterocycles. The molecule has 1 aliphatic rings. The molecule has 192 valence electrons. The smallest absolute Gasteiger partial charge is 0.333 e. The Morgan fingerprint density at radius 2 is 1.54 bits per heavy atom. The molecule has 0 radical (unpaired) electrons. The Hall–Kier alpha value is -3.39. The molecule has 0 N–H and O–H groups in total. The predicted molar refractivity (Wildman–Crippen MR) is 140 cm³/mol. The maximum absolute atomic E-state index is 14.2. The maximum Gasteiger partial charge on any atom is 0.333 e. The van der Waals surface area contributed by atoms with Crippen molar-refractivity contribution in [3.63, 3.8) is 0 Å². The van der Waals surface area contributed by atoms with E-state index in [0.717, 1.165) is 0 Å². The van der Waals surface area contributed by atoms with E-state index in [9.17, 15) is 14.4 Å². The van der Waals surface area contributed by atoms with Crippen molar-refractivity contribution in [2.24, 2.45) is 0 Å². The third kappa shape index (κ3) is 5.07. The number of carbonyl (C=O) groups is 3. The number of hydrogen-bond acceptors (Lipinski definition) is 5. The van der Waals surface area contributed by atoms with Crippen LogP contribution < -0.4 is 0 Å². The first-order valence-electron chi connectivity index (χ1n) is 11.7. The zero-order chi connectivity index (χ0) is 26.7. The number of nitrogens with zero attached hydrogens (tertiary/aromatic N) is 2. The SMILES string of the molecule is CCN(OC)C(=O)C1c2ccccc2C(=O)N(C(C(=O)OC)c2ccc(Cl)cc2)C1c1ccc(Cl)cc1. The summed E-state index contributed by atoms with van der Waals surface area (Å²) in [6, 6.07) is 18.4. The van der Waals surface area contributed by atoms with Crippen molar-refractivity contribution in [2.45, 2.75) is 24.9 Å². The Bertz CT molecular complexity index is 1290. The third-order valence-corrected chi connectivity index (χ3v) is 7.00. The van der Waals surface area contributed by atoms with Crippen LogP contribution in [0.5, 0.6) is 0 Å². The Kier molecular flexibility index (Phi) is 8.17. The van der Waals surface area contributed by atoms with E-state index in [0.29, 0.717) is 32.3 Å². The zero-order valence-corrected chi connectivity index (χ0v) is 22.1. The molecule has 2 amide bonds. The van der Waals surface area contributed by atoms with Gasteiger partial charge in [-0.15, -0.1) is 0 Å². The fourth-order valence-corrected chi connectivity index (χ4v) is 5.07. The first-order valence-corrected chi connectivity index (χ1v) is 12.4. The van der Waals surface area contributed by atoms with E-state index in [1.54, 1.807) is 79.7 Å². The number of fused-ring (bicyclic) bond motifs is 1. The van der Waals surface area contributed by atoms with Crippen LogP contribution in [0.15, 0.2) is 72.8 Å². The van der Waals surface area contributed by atoms with E-state index in [4.69, 9.17) is 32.8 Å². The minimum Gasteiger partial charge on any atom is -0.467 e. The summed E-state index contributed by atoms with van der Waals surface area (Å²) in [4.78, 5) is 48.2. The monoisotopic (exact) mass is 540 g/mol. The summed E-state index contributed by atoms with van der Waals surface area (Å²) < 4.78 is 5.17. The number of esters is 1.